The van der Waals surface area contributed by atoms with Crippen LogP contribution in [0, 0.1) is 0 Å². The van der Waals surface area contributed by atoms with Gasteiger partial charge in [-0.2, -0.15) is 9.71 Å². The maximum Gasteiger partial charge on any atom is 0.481 e. The van der Waals surface area contributed by atoms with Gasteiger partial charge in [-0.25, -0.2) is 4.57 Å². The number of hydrogen-bond acceptors (Lipinski definition) is 7. The third kappa shape index (κ3) is 5.39. The third-order valence-corrected chi connectivity index (χ3v) is 4.75. The molecule has 26 heavy (non-hydrogen) atoms. The summed E-state index contributed by atoms with van der Waals surface area (Å²) in [5, 5.41) is 2.82. The zero-order valence-corrected chi connectivity index (χ0v) is 15.6. The highest BCUT2D eigenvalue weighted by molar-refractivity contribution is 7.52. The Balaban J connectivity index is 2.20. The molecule has 1 aliphatic heterocycles. The number of hydroxylamine groups is 2. The number of benzene rings is 1. The molecule has 0 unspecified atom stereocenters. The largest absolute Gasteiger partial charge is 0.481 e. The number of carbonyl (C=O) groups is 3. The summed E-state index contributed by atoms with van der Waals surface area (Å²) >= 11 is 0. The Labute approximate surface area is 151 Å². The van der Waals surface area contributed by atoms with Gasteiger partial charge in [-0.1, -0.05) is 18.2 Å². The lowest BCUT2D eigenvalue weighted by Crippen LogP contribution is -2.39. The Morgan fingerprint density at radius 3 is 2.23 bits per heavy atom. The van der Waals surface area contributed by atoms with Crippen LogP contribution in [0.25, 0.3) is 0 Å². The Bertz CT molecular complexity index is 707. The number of para-hydroxylation sites is 1. The average Bonchev–Trinajstić information content (AvgIpc) is 2.86. The molecular formula is C16H21N2O7P. The van der Waals surface area contributed by atoms with Crippen LogP contribution in [0.15, 0.2) is 30.3 Å². The molecule has 142 valence electrons. The van der Waals surface area contributed by atoms with Gasteiger partial charge in [-0.3, -0.25) is 14.4 Å². The van der Waals surface area contributed by atoms with Gasteiger partial charge in [0.15, 0.2) is 0 Å². The normalized spacial score (nSPS) is 17.9. The molecule has 1 aromatic carbocycles. The van der Waals surface area contributed by atoms with Crippen molar-refractivity contribution in [3.05, 3.63) is 30.3 Å². The third-order valence-electron chi connectivity index (χ3n) is 3.22. The summed E-state index contributed by atoms with van der Waals surface area (Å²) in [4.78, 5) is 35.5. The maximum absolute atomic E-state index is 13.1. The van der Waals surface area contributed by atoms with E-state index < -0.39 is 31.6 Å². The topological polar surface area (TPSA) is 111 Å². The fourth-order valence-electron chi connectivity index (χ4n) is 2.07. The molecule has 2 atom stereocenters. The van der Waals surface area contributed by atoms with Gasteiger partial charge in [0.05, 0.1) is 6.10 Å². The van der Waals surface area contributed by atoms with Crippen LogP contribution in [-0.2, 0) is 28.3 Å². The van der Waals surface area contributed by atoms with Crippen molar-refractivity contribution in [2.75, 3.05) is 0 Å². The standard InChI is InChI=1S/C16H21N2O7P/c1-11(2)23-16(21)12(3)17-26(22,24-13-7-5-4-6-8-13)25-18-14(19)9-10-15(18)20/h4-8,11-12H,9-10H2,1-3H3,(H,17,22)/t12-,26+/m0/s1. The predicted molar refractivity (Wildman–Crippen MR) is 90.7 cm³/mol. The number of amides is 2. The second-order valence-electron chi connectivity index (χ2n) is 5.90. The van der Waals surface area contributed by atoms with Gasteiger partial charge in [0, 0.05) is 12.8 Å². The minimum Gasteiger partial charge on any atom is -0.462 e. The molecule has 1 N–H and O–H groups in total. The van der Waals surface area contributed by atoms with E-state index in [0.29, 0.717) is 5.06 Å². The Kier molecular flexibility index (Phi) is 6.52. The van der Waals surface area contributed by atoms with E-state index in [0.717, 1.165) is 0 Å². The van der Waals surface area contributed by atoms with Crippen LogP contribution in [0.2, 0.25) is 0 Å². The van der Waals surface area contributed by atoms with E-state index in [2.05, 4.69) is 5.09 Å². The van der Waals surface area contributed by atoms with Crippen molar-refractivity contribution < 1.29 is 32.8 Å². The molecule has 0 aromatic heterocycles. The van der Waals surface area contributed by atoms with Gasteiger partial charge in [-0.05, 0) is 32.9 Å². The predicted octanol–water partition coefficient (Wildman–Crippen LogP) is 2.18. The Hall–Kier alpha value is -2.22. The number of imide groups is 1. The second-order valence-corrected chi connectivity index (χ2v) is 7.50. The minimum absolute atomic E-state index is 0.0465. The lowest BCUT2D eigenvalue weighted by Gasteiger charge is -2.25. The first kappa shape index (κ1) is 20.1. The van der Waals surface area contributed by atoms with Crippen molar-refractivity contribution in [3.63, 3.8) is 0 Å². The van der Waals surface area contributed by atoms with Gasteiger partial charge in [0.25, 0.3) is 11.8 Å². The lowest BCUT2D eigenvalue weighted by molar-refractivity contribution is -0.166. The SMILES string of the molecule is CC(C)OC(=O)[C@H](C)N[P@@](=O)(Oc1ccccc1)ON1C(=O)CCC1=O. The van der Waals surface area contributed by atoms with Gasteiger partial charge < -0.3 is 9.26 Å². The molecule has 0 saturated carbocycles. The summed E-state index contributed by atoms with van der Waals surface area (Å²) < 4.78 is 28.6. The fraction of sp³-hybridized carbons (Fsp3) is 0.438. The van der Waals surface area contributed by atoms with E-state index in [1.165, 1.54) is 19.1 Å². The zero-order valence-electron chi connectivity index (χ0n) is 14.7. The molecule has 1 fully saturated rings. The van der Waals surface area contributed by atoms with E-state index in [4.69, 9.17) is 13.9 Å². The zero-order chi connectivity index (χ0) is 19.3. The Morgan fingerprint density at radius 2 is 1.69 bits per heavy atom. The highest BCUT2D eigenvalue weighted by atomic mass is 31.2. The first-order valence-electron chi connectivity index (χ1n) is 8.08. The summed E-state index contributed by atoms with van der Waals surface area (Å²) in [6, 6.07) is 6.97. The van der Waals surface area contributed by atoms with Crippen molar-refractivity contribution in [1.82, 2.24) is 10.2 Å². The van der Waals surface area contributed by atoms with Crippen molar-refractivity contribution in [1.29, 1.82) is 0 Å². The Morgan fingerprint density at radius 1 is 1.12 bits per heavy atom. The number of nitrogens with zero attached hydrogens (tertiary/aromatic N) is 1. The molecule has 0 bridgehead atoms. The summed E-state index contributed by atoms with van der Waals surface area (Å²) in [5.41, 5.74) is 0. The number of carbonyl (C=O) groups excluding carboxylic acids is 3. The van der Waals surface area contributed by atoms with Crippen LogP contribution in [0.3, 0.4) is 0 Å². The molecule has 10 heteroatoms. The molecule has 1 aliphatic rings. The second kappa shape index (κ2) is 8.44. The van der Waals surface area contributed by atoms with E-state index in [9.17, 15) is 18.9 Å². The average molecular weight is 384 g/mol. The summed E-state index contributed by atoms with van der Waals surface area (Å²) in [5.74, 6) is -1.77. The molecule has 1 saturated heterocycles. The number of rotatable bonds is 8. The van der Waals surface area contributed by atoms with Gasteiger partial charge in [0.1, 0.15) is 11.8 Å². The van der Waals surface area contributed by atoms with Crippen LogP contribution >= 0.6 is 7.75 Å². The molecular weight excluding hydrogens is 363 g/mol. The van der Waals surface area contributed by atoms with Crippen LogP contribution in [-0.4, -0.2) is 35.0 Å². The van der Waals surface area contributed by atoms with Crippen LogP contribution < -0.4 is 9.61 Å². The number of hydrogen-bond donors (Lipinski definition) is 1. The van der Waals surface area contributed by atoms with Crippen molar-refractivity contribution in [2.24, 2.45) is 0 Å². The molecule has 9 nitrogen and oxygen atoms in total. The van der Waals surface area contributed by atoms with Crippen LogP contribution in [0.4, 0.5) is 0 Å². The minimum atomic E-state index is -4.29. The smallest absolute Gasteiger partial charge is 0.462 e. The molecule has 0 radical (unpaired) electrons. The van der Waals surface area contributed by atoms with E-state index in [-0.39, 0.29) is 24.7 Å². The summed E-state index contributed by atoms with van der Waals surface area (Å²) in [7, 11) is -4.29. The number of nitrogens with one attached hydrogen (secondary N) is 1. The maximum atomic E-state index is 13.1. The summed E-state index contributed by atoms with van der Waals surface area (Å²) in [6.45, 7) is 4.74. The van der Waals surface area contributed by atoms with E-state index >= 15 is 0 Å². The fourth-order valence-corrected chi connectivity index (χ4v) is 3.57. The molecule has 0 aliphatic carbocycles. The molecule has 1 heterocycles. The first-order valence-corrected chi connectivity index (χ1v) is 9.63. The molecule has 1 aromatic rings. The highest BCUT2D eigenvalue weighted by Gasteiger charge is 2.41. The quantitative estimate of drug-likeness (QED) is 0.412. The molecule has 2 rings (SSSR count). The monoisotopic (exact) mass is 384 g/mol. The van der Waals surface area contributed by atoms with E-state index in [1.54, 1.807) is 32.0 Å². The van der Waals surface area contributed by atoms with Gasteiger partial charge in [-0.15, -0.1) is 5.06 Å². The number of esters is 1. The van der Waals surface area contributed by atoms with Crippen molar-refractivity contribution in [3.8, 4) is 5.75 Å². The van der Waals surface area contributed by atoms with Gasteiger partial charge in [0.2, 0.25) is 0 Å². The highest BCUT2D eigenvalue weighted by Crippen LogP contribution is 2.46. The molecule has 2 amide bonds. The van der Waals surface area contributed by atoms with Crippen LogP contribution in [0.5, 0.6) is 5.75 Å². The van der Waals surface area contributed by atoms with Gasteiger partial charge >= 0.3 is 13.7 Å². The summed E-state index contributed by atoms with van der Waals surface area (Å²) in [6.07, 6.45) is -0.464. The number of ether oxygens (including phenoxy) is 1. The van der Waals surface area contributed by atoms with Crippen molar-refractivity contribution in [2.45, 2.75) is 45.8 Å². The first-order chi connectivity index (χ1) is 12.2. The molecule has 0 spiro atoms. The lowest BCUT2D eigenvalue weighted by atomic mass is 10.3. The van der Waals surface area contributed by atoms with E-state index in [1.807, 2.05) is 0 Å². The van der Waals surface area contributed by atoms with Crippen LogP contribution in [0.1, 0.15) is 33.6 Å². The van der Waals surface area contributed by atoms with Crippen molar-refractivity contribution >= 4 is 25.5 Å².